The molecule has 4 nitrogen and oxygen atoms in total. The predicted molar refractivity (Wildman–Crippen MR) is 110 cm³/mol. The van der Waals surface area contributed by atoms with E-state index in [0.717, 1.165) is 40.0 Å². The molecule has 0 unspecified atom stereocenters. The van der Waals surface area contributed by atoms with Gasteiger partial charge in [-0.3, -0.25) is 4.79 Å². The van der Waals surface area contributed by atoms with Crippen LogP contribution in [0.3, 0.4) is 0 Å². The van der Waals surface area contributed by atoms with Gasteiger partial charge in [0.1, 0.15) is 30.1 Å². The lowest BCUT2D eigenvalue weighted by Gasteiger charge is -2.04. The summed E-state index contributed by atoms with van der Waals surface area (Å²) in [5.41, 5.74) is 2.66. The molecule has 138 valence electrons. The molecular weight excluding hydrogens is 350 g/mol. The fraction of sp³-hybridized carbons (Fsp3) is 0.0833. The molecule has 1 aromatic heterocycles. The number of benzene rings is 3. The number of fused-ring (bicyclic) bond motifs is 1. The van der Waals surface area contributed by atoms with Crippen molar-refractivity contribution in [1.82, 2.24) is 4.98 Å². The Hall–Kier alpha value is -3.66. The summed E-state index contributed by atoms with van der Waals surface area (Å²) in [6.45, 7) is 2.22. The minimum atomic E-state index is 0.326. The fourth-order valence-corrected chi connectivity index (χ4v) is 2.99. The standard InChI is InChI=1S/C24H19NO3/c1-17-23(16-27-22-12-8-18(9-13-22)5-4-14-26)25-24(28-17)21-11-10-19-6-2-3-7-20(19)15-21/h2-15H,16H2,1H3/b5-4+. The molecule has 28 heavy (non-hydrogen) atoms. The highest BCUT2D eigenvalue weighted by Crippen LogP contribution is 2.26. The highest BCUT2D eigenvalue weighted by Gasteiger charge is 2.12. The number of aldehydes is 1. The van der Waals surface area contributed by atoms with E-state index in [0.29, 0.717) is 12.5 Å². The zero-order valence-electron chi connectivity index (χ0n) is 15.5. The highest BCUT2D eigenvalue weighted by molar-refractivity contribution is 5.86. The van der Waals surface area contributed by atoms with E-state index in [1.807, 2.05) is 49.4 Å². The maximum absolute atomic E-state index is 10.4. The third-order valence-corrected chi connectivity index (χ3v) is 4.51. The Bertz CT molecular complexity index is 1140. The molecule has 0 spiro atoms. The predicted octanol–water partition coefficient (Wildman–Crippen LogP) is 5.59. The summed E-state index contributed by atoms with van der Waals surface area (Å²) in [5, 5.41) is 2.34. The molecule has 1 heterocycles. The van der Waals surface area contributed by atoms with Crippen LogP contribution in [0.2, 0.25) is 0 Å². The van der Waals surface area contributed by atoms with E-state index in [9.17, 15) is 4.79 Å². The number of allylic oxidation sites excluding steroid dienone is 1. The first-order valence-corrected chi connectivity index (χ1v) is 9.03. The number of rotatable bonds is 6. The lowest BCUT2D eigenvalue weighted by molar-refractivity contribution is -0.104. The normalized spacial score (nSPS) is 11.2. The van der Waals surface area contributed by atoms with Crippen molar-refractivity contribution in [2.24, 2.45) is 0 Å². The highest BCUT2D eigenvalue weighted by atomic mass is 16.5. The number of hydrogen-bond donors (Lipinski definition) is 0. The Kier molecular flexibility index (Phi) is 5.02. The molecule has 0 aliphatic heterocycles. The topological polar surface area (TPSA) is 52.3 Å². The quantitative estimate of drug-likeness (QED) is 0.328. The Morgan fingerprint density at radius 2 is 1.79 bits per heavy atom. The molecule has 4 heteroatoms. The molecule has 0 aliphatic rings. The number of hydrogen-bond acceptors (Lipinski definition) is 4. The van der Waals surface area contributed by atoms with Crippen molar-refractivity contribution < 1.29 is 13.9 Å². The van der Waals surface area contributed by atoms with Crippen LogP contribution >= 0.6 is 0 Å². The first-order valence-electron chi connectivity index (χ1n) is 9.03. The average Bonchev–Trinajstić information content (AvgIpc) is 3.11. The van der Waals surface area contributed by atoms with Gasteiger partial charge in [-0.15, -0.1) is 0 Å². The van der Waals surface area contributed by atoms with Gasteiger partial charge in [0, 0.05) is 5.56 Å². The summed E-state index contributed by atoms with van der Waals surface area (Å²) >= 11 is 0. The first-order chi connectivity index (χ1) is 13.7. The Balaban J connectivity index is 1.49. The van der Waals surface area contributed by atoms with Crippen LogP contribution in [0.25, 0.3) is 28.3 Å². The first kappa shape index (κ1) is 17.7. The number of oxazole rings is 1. The minimum absolute atomic E-state index is 0.326. The van der Waals surface area contributed by atoms with E-state index in [1.165, 1.54) is 11.5 Å². The maximum Gasteiger partial charge on any atom is 0.226 e. The van der Waals surface area contributed by atoms with Gasteiger partial charge in [-0.2, -0.15) is 0 Å². The second kappa shape index (κ2) is 7.92. The Labute approximate surface area is 163 Å². The van der Waals surface area contributed by atoms with Crippen LogP contribution in [0, 0.1) is 6.92 Å². The van der Waals surface area contributed by atoms with Gasteiger partial charge in [-0.25, -0.2) is 4.98 Å². The summed E-state index contributed by atoms with van der Waals surface area (Å²) in [6.07, 6.45) is 3.96. The van der Waals surface area contributed by atoms with Crippen LogP contribution in [0.5, 0.6) is 5.75 Å². The van der Waals surface area contributed by atoms with Crippen molar-refractivity contribution in [3.05, 3.63) is 89.8 Å². The van der Waals surface area contributed by atoms with Crippen molar-refractivity contribution in [3.63, 3.8) is 0 Å². The van der Waals surface area contributed by atoms with Gasteiger partial charge < -0.3 is 9.15 Å². The van der Waals surface area contributed by atoms with Crippen molar-refractivity contribution in [1.29, 1.82) is 0 Å². The lowest BCUT2D eigenvalue weighted by Crippen LogP contribution is -1.97. The molecular formula is C24H19NO3. The van der Waals surface area contributed by atoms with Gasteiger partial charge in [-0.1, -0.05) is 48.5 Å². The van der Waals surface area contributed by atoms with Gasteiger partial charge in [0.2, 0.25) is 5.89 Å². The van der Waals surface area contributed by atoms with Crippen molar-refractivity contribution in [2.45, 2.75) is 13.5 Å². The zero-order chi connectivity index (χ0) is 19.3. The van der Waals surface area contributed by atoms with Crippen LogP contribution in [-0.4, -0.2) is 11.3 Å². The van der Waals surface area contributed by atoms with E-state index in [4.69, 9.17) is 9.15 Å². The van der Waals surface area contributed by atoms with E-state index < -0.39 is 0 Å². The molecule has 0 N–H and O–H groups in total. The van der Waals surface area contributed by atoms with Crippen LogP contribution in [0.4, 0.5) is 0 Å². The maximum atomic E-state index is 10.4. The van der Waals surface area contributed by atoms with E-state index in [1.54, 1.807) is 6.08 Å². The summed E-state index contributed by atoms with van der Waals surface area (Å²) in [6, 6.07) is 21.9. The largest absolute Gasteiger partial charge is 0.487 e. The number of carbonyl (C=O) groups is 1. The molecule has 0 saturated carbocycles. The zero-order valence-corrected chi connectivity index (χ0v) is 15.5. The van der Waals surface area contributed by atoms with Gasteiger partial charge in [0.05, 0.1) is 0 Å². The smallest absolute Gasteiger partial charge is 0.226 e. The molecule has 0 bridgehead atoms. The van der Waals surface area contributed by atoms with Crippen molar-refractivity contribution in [3.8, 4) is 17.2 Å². The van der Waals surface area contributed by atoms with Gasteiger partial charge in [0.25, 0.3) is 0 Å². The van der Waals surface area contributed by atoms with Gasteiger partial charge in [-0.05, 0) is 53.6 Å². The van der Waals surface area contributed by atoms with Crippen LogP contribution in [0.15, 0.2) is 77.2 Å². The van der Waals surface area contributed by atoms with Gasteiger partial charge in [0.15, 0.2) is 0 Å². The molecule has 4 aromatic rings. The summed E-state index contributed by atoms with van der Waals surface area (Å²) in [5.74, 6) is 2.07. The van der Waals surface area contributed by atoms with Crippen LogP contribution < -0.4 is 4.74 Å². The Morgan fingerprint density at radius 1 is 1.00 bits per heavy atom. The van der Waals surface area contributed by atoms with Crippen molar-refractivity contribution in [2.75, 3.05) is 0 Å². The number of aromatic nitrogens is 1. The van der Waals surface area contributed by atoms with Crippen molar-refractivity contribution >= 4 is 23.1 Å². The SMILES string of the molecule is Cc1oc(-c2ccc3ccccc3c2)nc1COc1ccc(/C=C/C=O)cc1. The number of aryl methyl sites for hydroxylation is 1. The minimum Gasteiger partial charge on any atom is -0.487 e. The van der Waals surface area contributed by atoms with E-state index >= 15 is 0 Å². The molecule has 0 saturated heterocycles. The molecule has 0 fully saturated rings. The molecule has 0 radical (unpaired) electrons. The third-order valence-electron chi connectivity index (χ3n) is 4.51. The second-order valence-corrected chi connectivity index (χ2v) is 6.44. The molecule has 0 atom stereocenters. The van der Waals surface area contributed by atoms with Crippen LogP contribution in [-0.2, 0) is 11.4 Å². The molecule has 4 rings (SSSR count). The fourth-order valence-electron chi connectivity index (χ4n) is 2.99. The number of carbonyl (C=O) groups excluding carboxylic acids is 1. The summed E-state index contributed by atoms with van der Waals surface area (Å²) < 4.78 is 11.7. The molecule has 0 aliphatic carbocycles. The van der Waals surface area contributed by atoms with E-state index in [-0.39, 0.29) is 0 Å². The third kappa shape index (κ3) is 3.86. The summed E-state index contributed by atoms with van der Waals surface area (Å²) in [4.78, 5) is 15.0. The lowest BCUT2D eigenvalue weighted by atomic mass is 10.1. The second-order valence-electron chi connectivity index (χ2n) is 6.44. The number of nitrogens with zero attached hydrogens (tertiary/aromatic N) is 1. The summed E-state index contributed by atoms with van der Waals surface area (Å²) in [7, 11) is 0. The molecule has 0 amide bonds. The average molecular weight is 369 g/mol. The van der Waals surface area contributed by atoms with Crippen LogP contribution in [0.1, 0.15) is 17.0 Å². The number of ether oxygens (including phenoxy) is 1. The Morgan fingerprint density at radius 3 is 2.57 bits per heavy atom. The van der Waals surface area contributed by atoms with Gasteiger partial charge >= 0.3 is 0 Å². The van der Waals surface area contributed by atoms with E-state index in [2.05, 4.69) is 29.2 Å². The monoisotopic (exact) mass is 369 g/mol. The molecule has 3 aromatic carbocycles.